The molecule has 2 aromatic carbocycles. The fraction of sp³-hybridized carbons (Fsp3) is 0.581. The van der Waals surface area contributed by atoms with Crippen molar-refractivity contribution in [3.05, 3.63) is 52.6 Å². The number of hydrogen-bond donors (Lipinski definition) is 2. The number of hydrogen-bond acceptors (Lipinski definition) is 8. The van der Waals surface area contributed by atoms with E-state index in [1.807, 2.05) is 4.90 Å². The molecular formula is C31H47N3O6. The molecule has 1 saturated heterocycles. The number of benzene rings is 2. The Balaban J connectivity index is 1.72. The topological polar surface area (TPSA) is 92.7 Å². The molecule has 1 heterocycles. The van der Waals surface area contributed by atoms with E-state index >= 15 is 0 Å². The van der Waals surface area contributed by atoms with Gasteiger partial charge in [-0.3, -0.25) is 20.0 Å². The van der Waals surface area contributed by atoms with Crippen LogP contribution >= 0.6 is 0 Å². The van der Waals surface area contributed by atoms with Crippen molar-refractivity contribution in [3.63, 3.8) is 0 Å². The zero-order valence-corrected chi connectivity index (χ0v) is 25.0. The maximum absolute atomic E-state index is 13.8. The van der Waals surface area contributed by atoms with Crippen LogP contribution in [0.2, 0.25) is 0 Å². The summed E-state index contributed by atoms with van der Waals surface area (Å²) in [5, 5.41) is 9.05. The van der Waals surface area contributed by atoms with Crippen molar-refractivity contribution in [2.75, 3.05) is 66.3 Å². The Kier molecular flexibility index (Phi) is 12.5. The van der Waals surface area contributed by atoms with Crippen molar-refractivity contribution in [3.8, 4) is 11.5 Å². The highest BCUT2D eigenvalue weighted by Crippen LogP contribution is 2.33. The Hall–Kier alpha value is -2.85. The van der Waals surface area contributed by atoms with Crippen LogP contribution in [-0.2, 0) is 9.57 Å². The van der Waals surface area contributed by atoms with Crippen LogP contribution in [0.25, 0.3) is 0 Å². The summed E-state index contributed by atoms with van der Waals surface area (Å²) in [7, 11) is 4.82. The number of aliphatic hydroxyl groups is 1. The van der Waals surface area contributed by atoms with E-state index < -0.39 is 0 Å². The average Bonchev–Trinajstić information content (AvgIpc) is 2.97. The van der Waals surface area contributed by atoms with Crippen LogP contribution < -0.4 is 15.0 Å². The maximum Gasteiger partial charge on any atom is 0.254 e. The van der Waals surface area contributed by atoms with Gasteiger partial charge in [0.05, 0.1) is 26.5 Å². The van der Waals surface area contributed by atoms with Crippen molar-refractivity contribution in [2.45, 2.75) is 58.5 Å². The van der Waals surface area contributed by atoms with E-state index in [9.17, 15) is 4.79 Å². The summed E-state index contributed by atoms with van der Waals surface area (Å²) in [6, 6.07) is 10.0. The van der Waals surface area contributed by atoms with Gasteiger partial charge in [0.15, 0.2) is 0 Å². The number of piperidine rings is 1. The lowest BCUT2D eigenvalue weighted by molar-refractivity contribution is 0.0504. The number of aliphatic hydroxyl groups excluding tert-OH is 1. The second-order valence-corrected chi connectivity index (χ2v) is 10.4. The molecule has 0 radical (unpaired) electrons. The number of likely N-dealkylation sites (tertiary alicyclic amines) is 1. The summed E-state index contributed by atoms with van der Waals surface area (Å²) in [5.74, 6) is 1.47. The highest BCUT2D eigenvalue weighted by molar-refractivity contribution is 5.96. The van der Waals surface area contributed by atoms with Crippen LogP contribution in [0.1, 0.15) is 65.7 Å². The van der Waals surface area contributed by atoms with E-state index in [0.717, 1.165) is 43.7 Å². The van der Waals surface area contributed by atoms with E-state index in [4.69, 9.17) is 24.2 Å². The minimum atomic E-state index is -0.0103. The standard InChI is InChI=1S/C31H47N3O6/c1-22-23(2)30(40-18-8-16-35)10-9-29(22)24(3)33-14-11-27(12-15-33)34(13-7-17-37-4)31(36)25-19-26(32-39-6)21-28(20-25)38-5/h9-10,19-21,24,27,32,35H,7-8,11-18H2,1-6H3. The molecule has 222 valence electrons. The van der Waals surface area contributed by atoms with Gasteiger partial charge in [-0.05, 0) is 74.9 Å². The minimum Gasteiger partial charge on any atom is -0.497 e. The lowest BCUT2D eigenvalue weighted by Gasteiger charge is -2.41. The van der Waals surface area contributed by atoms with Gasteiger partial charge in [0.25, 0.3) is 5.91 Å². The largest absolute Gasteiger partial charge is 0.497 e. The summed E-state index contributed by atoms with van der Waals surface area (Å²) >= 11 is 0. The predicted octanol–water partition coefficient (Wildman–Crippen LogP) is 4.75. The molecule has 1 unspecified atom stereocenters. The van der Waals surface area contributed by atoms with Crippen LogP contribution in [0.4, 0.5) is 5.69 Å². The second kappa shape index (κ2) is 15.8. The van der Waals surface area contributed by atoms with Crippen LogP contribution in [0, 0.1) is 13.8 Å². The Morgan fingerprint density at radius 3 is 2.48 bits per heavy atom. The van der Waals surface area contributed by atoms with Gasteiger partial charge in [-0.1, -0.05) is 6.07 Å². The Labute approximate surface area is 239 Å². The maximum atomic E-state index is 13.8. The van der Waals surface area contributed by atoms with Crippen molar-refractivity contribution in [1.82, 2.24) is 9.80 Å². The molecule has 1 fully saturated rings. The van der Waals surface area contributed by atoms with Gasteiger partial charge >= 0.3 is 0 Å². The number of nitrogens with one attached hydrogen (secondary N) is 1. The normalized spacial score (nSPS) is 15.1. The quantitative estimate of drug-likeness (QED) is 0.239. The van der Waals surface area contributed by atoms with Crippen LogP contribution in [0.5, 0.6) is 11.5 Å². The van der Waals surface area contributed by atoms with Crippen molar-refractivity contribution in [1.29, 1.82) is 0 Å². The number of ether oxygens (including phenoxy) is 3. The summed E-state index contributed by atoms with van der Waals surface area (Å²) in [5.41, 5.74) is 7.73. The van der Waals surface area contributed by atoms with Crippen molar-refractivity contribution in [2.24, 2.45) is 0 Å². The molecule has 3 rings (SSSR count). The average molecular weight is 558 g/mol. The third-order valence-electron chi connectivity index (χ3n) is 7.89. The number of nitrogens with zero attached hydrogens (tertiary/aromatic N) is 2. The molecule has 0 aromatic heterocycles. The first-order chi connectivity index (χ1) is 19.3. The molecular weight excluding hydrogens is 510 g/mol. The van der Waals surface area contributed by atoms with Crippen molar-refractivity contribution < 1.29 is 28.9 Å². The van der Waals surface area contributed by atoms with E-state index in [2.05, 4.69) is 43.3 Å². The summed E-state index contributed by atoms with van der Waals surface area (Å²) in [6.07, 6.45) is 3.20. The molecule has 0 aliphatic carbocycles. The number of amides is 1. The predicted molar refractivity (Wildman–Crippen MR) is 157 cm³/mol. The summed E-state index contributed by atoms with van der Waals surface area (Å²) in [4.78, 5) is 23.4. The van der Waals surface area contributed by atoms with Gasteiger partial charge in [-0.15, -0.1) is 0 Å². The van der Waals surface area contributed by atoms with Gasteiger partial charge in [-0.2, -0.15) is 0 Å². The lowest BCUT2D eigenvalue weighted by Crippen LogP contribution is -2.48. The number of methoxy groups -OCH3 is 2. The zero-order valence-electron chi connectivity index (χ0n) is 25.0. The fourth-order valence-corrected chi connectivity index (χ4v) is 5.47. The van der Waals surface area contributed by atoms with E-state index in [0.29, 0.717) is 43.2 Å². The first kappa shape index (κ1) is 31.7. The molecule has 9 heteroatoms. The highest BCUT2D eigenvalue weighted by atomic mass is 16.6. The molecule has 40 heavy (non-hydrogen) atoms. The van der Waals surface area contributed by atoms with Crippen molar-refractivity contribution >= 4 is 11.6 Å². The van der Waals surface area contributed by atoms with Crippen LogP contribution in [0.15, 0.2) is 30.3 Å². The molecule has 0 saturated carbocycles. The fourth-order valence-electron chi connectivity index (χ4n) is 5.47. The van der Waals surface area contributed by atoms with Gasteiger partial charge < -0.3 is 24.2 Å². The van der Waals surface area contributed by atoms with Gasteiger partial charge in [0.1, 0.15) is 11.5 Å². The number of carbonyl (C=O) groups excluding carboxylic acids is 1. The van der Waals surface area contributed by atoms with Gasteiger partial charge in [-0.25, -0.2) is 0 Å². The van der Waals surface area contributed by atoms with E-state index in [1.165, 1.54) is 18.2 Å². The van der Waals surface area contributed by atoms with E-state index in [-0.39, 0.29) is 24.6 Å². The molecule has 2 N–H and O–H groups in total. The molecule has 1 aliphatic heterocycles. The molecule has 1 aliphatic rings. The smallest absolute Gasteiger partial charge is 0.254 e. The molecule has 9 nitrogen and oxygen atoms in total. The minimum absolute atomic E-state index is 0.0103. The molecule has 1 atom stereocenters. The van der Waals surface area contributed by atoms with E-state index in [1.54, 1.807) is 32.4 Å². The highest BCUT2D eigenvalue weighted by Gasteiger charge is 2.31. The third kappa shape index (κ3) is 8.10. The summed E-state index contributed by atoms with van der Waals surface area (Å²) in [6.45, 7) is 10.2. The second-order valence-electron chi connectivity index (χ2n) is 10.4. The first-order valence-corrected chi connectivity index (χ1v) is 14.2. The Morgan fingerprint density at radius 1 is 1.07 bits per heavy atom. The third-order valence-corrected chi connectivity index (χ3v) is 7.89. The molecule has 0 bridgehead atoms. The molecule has 0 spiro atoms. The van der Waals surface area contributed by atoms with Crippen LogP contribution in [-0.4, -0.2) is 87.6 Å². The lowest BCUT2D eigenvalue weighted by atomic mass is 9.94. The number of carbonyl (C=O) groups is 1. The zero-order chi connectivity index (χ0) is 29.1. The Morgan fingerprint density at radius 2 is 1.82 bits per heavy atom. The molecule has 1 amide bonds. The van der Waals surface area contributed by atoms with Crippen LogP contribution in [0.3, 0.4) is 0 Å². The summed E-state index contributed by atoms with van der Waals surface area (Å²) < 4.78 is 16.6. The molecule has 2 aromatic rings. The SMILES string of the molecule is COCCCN(C(=O)c1cc(NOC)cc(OC)c1)C1CCN(C(C)c2ccc(OCCCO)c(C)c2C)CC1. The first-order valence-electron chi connectivity index (χ1n) is 14.2. The van der Waals surface area contributed by atoms with Gasteiger partial charge in [0, 0.05) is 70.1 Å². The number of anilines is 1. The van der Waals surface area contributed by atoms with Gasteiger partial charge in [0.2, 0.25) is 0 Å². The Bertz CT molecular complexity index is 1090. The number of rotatable bonds is 15. The monoisotopic (exact) mass is 557 g/mol.